The van der Waals surface area contributed by atoms with Crippen molar-refractivity contribution in [3.05, 3.63) is 92.4 Å². The molecular formula is C30H28BrN2S2+. The van der Waals surface area contributed by atoms with Gasteiger partial charge in [-0.3, -0.25) is 0 Å². The van der Waals surface area contributed by atoms with E-state index in [9.17, 15) is 0 Å². The zero-order chi connectivity index (χ0) is 24.1. The minimum absolute atomic E-state index is 0.636. The number of benzene rings is 3. The molecule has 0 amide bonds. The molecule has 4 aromatic rings. The number of aryl methyl sites for hydroxylation is 1. The van der Waals surface area contributed by atoms with Crippen LogP contribution in [0.2, 0.25) is 0 Å². The van der Waals surface area contributed by atoms with Crippen molar-refractivity contribution in [3.63, 3.8) is 0 Å². The lowest BCUT2D eigenvalue weighted by Gasteiger charge is -2.22. The highest BCUT2D eigenvalue weighted by molar-refractivity contribution is 9.10. The third-order valence-corrected chi connectivity index (χ3v) is 9.67. The highest BCUT2D eigenvalue weighted by Gasteiger charge is 2.26. The SMILES string of the molecule is CCN1C(=CC2=CC(=Cc3sc4ccc5ccccc5c4[n+]3C)CC(C)C2)Sc2ccc(Br)cc21. The molecule has 176 valence electrons. The van der Waals surface area contributed by atoms with Crippen molar-refractivity contribution in [3.8, 4) is 0 Å². The average Bonchev–Trinajstić information content (AvgIpc) is 3.34. The monoisotopic (exact) mass is 559 g/mol. The lowest BCUT2D eigenvalue weighted by Crippen LogP contribution is -2.29. The number of allylic oxidation sites excluding steroid dienone is 4. The first kappa shape index (κ1) is 23.1. The molecule has 0 saturated carbocycles. The van der Waals surface area contributed by atoms with Crippen LogP contribution in [-0.2, 0) is 7.05 Å². The van der Waals surface area contributed by atoms with Crippen molar-refractivity contribution in [2.45, 2.75) is 31.6 Å². The predicted octanol–water partition coefficient (Wildman–Crippen LogP) is 8.85. The molecule has 0 radical (unpaired) electrons. The zero-order valence-electron chi connectivity index (χ0n) is 20.2. The van der Waals surface area contributed by atoms with Gasteiger partial charge in [0.15, 0.2) is 0 Å². The van der Waals surface area contributed by atoms with E-state index >= 15 is 0 Å². The van der Waals surface area contributed by atoms with Crippen LogP contribution in [0, 0.1) is 5.92 Å². The van der Waals surface area contributed by atoms with Gasteiger partial charge in [0.1, 0.15) is 11.7 Å². The predicted molar refractivity (Wildman–Crippen MR) is 156 cm³/mol. The smallest absolute Gasteiger partial charge is 0.262 e. The van der Waals surface area contributed by atoms with Crippen LogP contribution >= 0.6 is 39.0 Å². The zero-order valence-corrected chi connectivity index (χ0v) is 23.4. The summed E-state index contributed by atoms with van der Waals surface area (Å²) in [4.78, 5) is 3.77. The fraction of sp³-hybridized carbons (Fsp3) is 0.233. The van der Waals surface area contributed by atoms with Crippen LogP contribution in [-0.4, -0.2) is 6.54 Å². The van der Waals surface area contributed by atoms with Crippen LogP contribution in [0.25, 0.3) is 27.1 Å². The molecule has 1 atom stereocenters. The van der Waals surface area contributed by atoms with E-state index < -0.39 is 0 Å². The molecule has 0 bridgehead atoms. The number of hydrogen-bond donors (Lipinski definition) is 0. The normalized spacial score (nSPS) is 20.3. The van der Waals surface area contributed by atoms with Gasteiger partial charge in [0.25, 0.3) is 5.01 Å². The number of aromatic nitrogens is 1. The Kier molecular flexibility index (Phi) is 6.11. The van der Waals surface area contributed by atoms with E-state index in [-0.39, 0.29) is 0 Å². The first-order valence-corrected chi connectivity index (χ1v) is 14.6. The van der Waals surface area contributed by atoms with E-state index in [1.807, 2.05) is 23.1 Å². The molecule has 3 aromatic carbocycles. The van der Waals surface area contributed by atoms with Crippen LogP contribution in [0.3, 0.4) is 0 Å². The molecule has 5 heteroatoms. The summed E-state index contributed by atoms with van der Waals surface area (Å²) in [6.45, 7) is 5.58. The van der Waals surface area contributed by atoms with E-state index in [1.54, 1.807) is 0 Å². The van der Waals surface area contributed by atoms with Crippen LogP contribution < -0.4 is 9.47 Å². The Balaban J connectivity index is 1.38. The number of rotatable bonds is 3. The Bertz CT molecular complexity index is 1560. The summed E-state index contributed by atoms with van der Waals surface area (Å²) in [5.41, 5.74) is 5.49. The largest absolute Gasteiger partial charge is 0.335 e. The molecule has 1 unspecified atom stereocenters. The van der Waals surface area contributed by atoms with Crippen LogP contribution in [0.1, 0.15) is 31.7 Å². The van der Waals surface area contributed by atoms with Crippen LogP contribution in [0.4, 0.5) is 5.69 Å². The second-order valence-corrected chi connectivity index (χ2v) is 12.6. The molecule has 1 aliphatic heterocycles. The summed E-state index contributed by atoms with van der Waals surface area (Å²) in [6, 6.07) is 19.8. The number of hydrogen-bond acceptors (Lipinski definition) is 3. The average molecular weight is 561 g/mol. The quantitative estimate of drug-likeness (QED) is 0.231. The van der Waals surface area contributed by atoms with Crippen molar-refractivity contribution >= 4 is 71.8 Å². The second-order valence-electron chi connectivity index (χ2n) is 9.53. The van der Waals surface area contributed by atoms with Crippen molar-refractivity contribution in [1.82, 2.24) is 0 Å². The minimum Gasteiger partial charge on any atom is -0.335 e. The third kappa shape index (κ3) is 4.28. The topological polar surface area (TPSA) is 7.12 Å². The molecule has 6 rings (SSSR count). The summed E-state index contributed by atoms with van der Waals surface area (Å²) in [5, 5.41) is 5.27. The summed E-state index contributed by atoms with van der Waals surface area (Å²) >= 11 is 7.42. The number of nitrogens with zero attached hydrogens (tertiary/aromatic N) is 2. The van der Waals surface area contributed by atoms with Gasteiger partial charge in [-0.15, -0.1) is 0 Å². The van der Waals surface area contributed by atoms with E-state index in [0.717, 1.165) is 23.9 Å². The number of thiazole rings is 1. The molecular weight excluding hydrogens is 532 g/mol. The first-order chi connectivity index (χ1) is 17.0. The van der Waals surface area contributed by atoms with Crippen molar-refractivity contribution in [2.24, 2.45) is 13.0 Å². The molecule has 2 heterocycles. The third-order valence-electron chi connectivity index (χ3n) is 6.91. The van der Waals surface area contributed by atoms with Gasteiger partial charge in [0.2, 0.25) is 5.52 Å². The highest BCUT2D eigenvalue weighted by atomic mass is 79.9. The molecule has 1 aromatic heterocycles. The molecule has 2 aliphatic rings. The van der Waals surface area contributed by atoms with E-state index in [2.05, 4.69) is 119 Å². The van der Waals surface area contributed by atoms with Gasteiger partial charge >= 0.3 is 0 Å². The molecule has 0 N–H and O–H groups in total. The van der Waals surface area contributed by atoms with E-state index in [0.29, 0.717) is 5.92 Å². The van der Waals surface area contributed by atoms with Crippen LogP contribution in [0.15, 0.2) is 92.3 Å². The lowest BCUT2D eigenvalue weighted by molar-refractivity contribution is -0.641. The molecule has 0 saturated heterocycles. The first-order valence-electron chi connectivity index (χ1n) is 12.2. The maximum absolute atomic E-state index is 3.64. The molecule has 35 heavy (non-hydrogen) atoms. The number of halogens is 1. The standard InChI is InChI=1S/C30H28BrN2S2/c1-4-33-25-18-23(31)10-12-26(25)34-29(33)17-21-14-19(2)13-20(15-21)16-28-32(3)30-24-8-6-5-7-22(24)9-11-27(30)35-28/h5-12,15-19H,4,13-14H2,1-3H3/q+1. The number of anilines is 1. The summed E-state index contributed by atoms with van der Waals surface area (Å²) < 4.78 is 4.86. The fourth-order valence-corrected chi connectivity index (χ4v) is 8.02. The van der Waals surface area contributed by atoms with Gasteiger partial charge in [0.05, 0.1) is 16.1 Å². The second kappa shape index (κ2) is 9.27. The maximum Gasteiger partial charge on any atom is 0.262 e. The van der Waals surface area contributed by atoms with Gasteiger partial charge in [-0.25, -0.2) is 0 Å². The highest BCUT2D eigenvalue weighted by Crippen LogP contribution is 2.47. The molecule has 1 aliphatic carbocycles. The van der Waals surface area contributed by atoms with Gasteiger partial charge in [-0.2, -0.15) is 4.57 Å². The lowest BCUT2D eigenvalue weighted by atomic mass is 9.87. The molecule has 2 nitrogen and oxygen atoms in total. The summed E-state index contributed by atoms with van der Waals surface area (Å²) in [5.74, 6) is 0.636. The Morgan fingerprint density at radius 1 is 1.09 bits per heavy atom. The maximum atomic E-state index is 3.64. The molecule has 0 fully saturated rings. The number of thioether (sulfide) groups is 1. The summed E-state index contributed by atoms with van der Waals surface area (Å²) in [6.07, 6.45) is 9.52. The van der Waals surface area contributed by atoms with Crippen molar-refractivity contribution in [2.75, 3.05) is 11.4 Å². The fourth-order valence-electron chi connectivity index (χ4n) is 5.34. The van der Waals surface area contributed by atoms with Gasteiger partial charge in [0, 0.05) is 22.0 Å². The Morgan fingerprint density at radius 3 is 2.80 bits per heavy atom. The van der Waals surface area contributed by atoms with Gasteiger partial charge in [-0.05, 0) is 78.6 Å². The molecule has 0 spiro atoms. The van der Waals surface area contributed by atoms with E-state index in [1.165, 1.54) is 52.8 Å². The minimum atomic E-state index is 0.636. The van der Waals surface area contributed by atoms with Gasteiger partial charge in [-0.1, -0.05) is 76.3 Å². The Morgan fingerprint density at radius 2 is 1.94 bits per heavy atom. The summed E-state index contributed by atoms with van der Waals surface area (Å²) in [7, 11) is 2.21. The Labute approximate surface area is 223 Å². The number of fused-ring (bicyclic) bond motifs is 4. The Hall–Kier alpha value is -2.34. The van der Waals surface area contributed by atoms with Crippen molar-refractivity contribution in [1.29, 1.82) is 0 Å². The van der Waals surface area contributed by atoms with E-state index in [4.69, 9.17) is 0 Å². The van der Waals surface area contributed by atoms with Crippen LogP contribution in [0.5, 0.6) is 0 Å². The van der Waals surface area contributed by atoms with Crippen molar-refractivity contribution < 1.29 is 4.57 Å². The van der Waals surface area contributed by atoms with Gasteiger partial charge < -0.3 is 4.90 Å².